The summed E-state index contributed by atoms with van der Waals surface area (Å²) in [7, 11) is -3.24. The zero-order valence-corrected chi connectivity index (χ0v) is 19.0. The van der Waals surface area contributed by atoms with Gasteiger partial charge in [0.05, 0.1) is 16.0 Å². The summed E-state index contributed by atoms with van der Waals surface area (Å²) >= 11 is 7.57. The predicted octanol–water partition coefficient (Wildman–Crippen LogP) is 3.86. The first-order valence-electron chi connectivity index (χ1n) is 9.84. The lowest BCUT2D eigenvalue weighted by atomic mass is 10.1. The number of halogens is 1. The van der Waals surface area contributed by atoms with Gasteiger partial charge in [-0.05, 0) is 25.8 Å². The van der Waals surface area contributed by atoms with Crippen molar-refractivity contribution in [3.05, 3.63) is 51.2 Å². The highest BCUT2D eigenvalue weighted by molar-refractivity contribution is 7.90. The summed E-state index contributed by atoms with van der Waals surface area (Å²) in [6.07, 6.45) is 2.01. The first kappa shape index (κ1) is 20.6. The molecule has 2 aromatic heterocycles. The van der Waals surface area contributed by atoms with Crippen molar-refractivity contribution in [2.24, 2.45) is 0 Å². The Kier molecular flexibility index (Phi) is 5.12. The average Bonchev–Trinajstić information content (AvgIpc) is 3.43. The van der Waals surface area contributed by atoms with Gasteiger partial charge in [0, 0.05) is 30.0 Å². The number of fused-ring (bicyclic) bond motifs is 1. The molecule has 11 heteroatoms. The number of aromatic nitrogens is 2. The molecule has 0 radical (unpaired) electrons. The lowest BCUT2D eigenvalue weighted by molar-refractivity contribution is 0.102. The lowest BCUT2D eigenvalue weighted by Crippen LogP contribution is -2.37. The Morgan fingerprint density at radius 1 is 1.32 bits per heavy atom. The third-order valence-corrected chi connectivity index (χ3v) is 9.11. The molecule has 1 aliphatic heterocycles. The summed E-state index contributed by atoms with van der Waals surface area (Å²) in [4.78, 5) is 18.4. The third kappa shape index (κ3) is 3.78. The van der Waals surface area contributed by atoms with Crippen LogP contribution < -0.4 is 5.32 Å². The number of rotatable bonds is 5. The van der Waals surface area contributed by atoms with Crippen LogP contribution in [-0.2, 0) is 23.0 Å². The molecule has 1 aliphatic carbocycles. The van der Waals surface area contributed by atoms with Gasteiger partial charge in [-0.25, -0.2) is 13.4 Å². The second-order valence-corrected chi connectivity index (χ2v) is 11.3. The molecule has 5 rings (SSSR count). The number of carbonyl (C=O) groups is 1. The van der Waals surface area contributed by atoms with Crippen LogP contribution in [-0.4, -0.2) is 40.6 Å². The summed E-state index contributed by atoms with van der Waals surface area (Å²) in [5.41, 5.74) is 2.09. The van der Waals surface area contributed by atoms with Crippen LogP contribution in [0, 0.1) is 6.92 Å². The fraction of sp³-hybridized carbons (Fsp3) is 0.350. The van der Waals surface area contributed by atoms with Crippen LogP contribution in [0.25, 0.3) is 11.3 Å². The third-order valence-electron chi connectivity index (χ3n) is 5.44. The molecular weight excluding hydrogens is 460 g/mol. The van der Waals surface area contributed by atoms with Crippen molar-refractivity contribution in [2.75, 3.05) is 11.9 Å². The number of sulfonamides is 1. The van der Waals surface area contributed by atoms with E-state index in [9.17, 15) is 13.2 Å². The largest absolute Gasteiger partial charge is 0.360 e. The molecule has 3 heterocycles. The van der Waals surface area contributed by atoms with Crippen LogP contribution in [0.15, 0.2) is 28.8 Å². The van der Waals surface area contributed by atoms with E-state index in [-0.39, 0.29) is 5.25 Å². The number of thiazole rings is 1. The molecule has 0 atom stereocenters. The minimum Gasteiger partial charge on any atom is -0.360 e. The number of benzene rings is 1. The second kappa shape index (κ2) is 7.70. The number of amides is 1. The van der Waals surface area contributed by atoms with E-state index in [2.05, 4.69) is 15.5 Å². The van der Waals surface area contributed by atoms with Gasteiger partial charge in [-0.3, -0.25) is 10.1 Å². The van der Waals surface area contributed by atoms with Crippen molar-refractivity contribution < 1.29 is 17.7 Å². The summed E-state index contributed by atoms with van der Waals surface area (Å²) in [6.45, 7) is 2.39. The number of anilines is 1. The normalized spacial score (nSPS) is 16.8. The molecule has 0 unspecified atom stereocenters. The van der Waals surface area contributed by atoms with E-state index in [1.165, 1.54) is 15.6 Å². The minimum absolute atomic E-state index is 0.235. The van der Waals surface area contributed by atoms with Crippen LogP contribution >= 0.6 is 22.9 Å². The molecule has 0 saturated heterocycles. The Morgan fingerprint density at radius 2 is 2.10 bits per heavy atom. The Labute approximate surface area is 188 Å². The number of nitrogens with one attached hydrogen (secondary N) is 1. The topological polar surface area (TPSA) is 105 Å². The number of aryl methyl sites for hydroxylation is 1. The quantitative estimate of drug-likeness (QED) is 0.596. The number of hydrogen-bond donors (Lipinski definition) is 1. The molecule has 1 saturated carbocycles. The first-order chi connectivity index (χ1) is 14.8. The van der Waals surface area contributed by atoms with Gasteiger partial charge in [0.25, 0.3) is 5.91 Å². The Balaban J connectivity index is 1.38. The van der Waals surface area contributed by atoms with Gasteiger partial charge in [0.1, 0.15) is 17.0 Å². The fourth-order valence-corrected chi connectivity index (χ4v) is 6.79. The maximum absolute atomic E-state index is 13.0. The molecule has 1 amide bonds. The predicted molar refractivity (Wildman–Crippen MR) is 118 cm³/mol. The molecular formula is C20H19ClN4O4S2. The average molecular weight is 479 g/mol. The van der Waals surface area contributed by atoms with Crippen molar-refractivity contribution in [1.29, 1.82) is 0 Å². The van der Waals surface area contributed by atoms with E-state index in [1.54, 1.807) is 25.1 Å². The van der Waals surface area contributed by atoms with Crippen molar-refractivity contribution in [3.8, 4) is 11.3 Å². The van der Waals surface area contributed by atoms with Crippen LogP contribution in [0.1, 0.15) is 39.5 Å². The van der Waals surface area contributed by atoms with Crippen LogP contribution in [0.3, 0.4) is 0 Å². The molecule has 31 heavy (non-hydrogen) atoms. The monoisotopic (exact) mass is 478 g/mol. The summed E-state index contributed by atoms with van der Waals surface area (Å²) in [5, 5.41) is 7.49. The zero-order valence-electron chi connectivity index (χ0n) is 16.6. The van der Waals surface area contributed by atoms with Crippen molar-refractivity contribution in [3.63, 3.8) is 0 Å². The van der Waals surface area contributed by atoms with E-state index < -0.39 is 15.9 Å². The molecule has 0 spiro atoms. The maximum Gasteiger partial charge on any atom is 0.263 e. The smallest absolute Gasteiger partial charge is 0.263 e. The van der Waals surface area contributed by atoms with Crippen molar-refractivity contribution in [1.82, 2.24) is 14.4 Å². The zero-order chi connectivity index (χ0) is 21.8. The van der Waals surface area contributed by atoms with Crippen LogP contribution in [0.2, 0.25) is 5.02 Å². The highest BCUT2D eigenvalue weighted by Gasteiger charge is 2.41. The molecule has 1 fully saturated rings. The molecule has 3 aromatic rings. The molecule has 1 N–H and O–H groups in total. The molecule has 8 nitrogen and oxygen atoms in total. The van der Waals surface area contributed by atoms with E-state index in [0.29, 0.717) is 52.2 Å². The van der Waals surface area contributed by atoms with Gasteiger partial charge in [-0.15, -0.1) is 11.3 Å². The van der Waals surface area contributed by atoms with Gasteiger partial charge >= 0.3 is 0 Å². The van der Waals surface area contributed by atoms with Gasteiger partial charge < -0.3 is 4.52 Å². The van der Waals surface area contributed by atoms with Crippen LogP contribution in [0.5, 0.6) is 0 Å². The summed E-state index contributed by atoms with van der Waals surface area (Å²) in [6, 6.07) is 7.10. The van der Waals surface area contributed by atoms with Crippen molar-refractivity contribution >= 4 is 44.0 Å². The van der Waals surface area contributed by atoms with Gasteiger partial charge in [-0.2, -0.15) is 4.31 Å². The minimum atomic E-state index is -3.24. The van der Waals surface area contributed by atoms with Crippen LogP contribution in [0.4, 0.5) is 5.13 Å². The van der Waals surface area contributed by atoms with E-state index in [4.69, 9.17) is 16.1 Å². The molecule has 2 aliphatic rings. The number of nitrogens with zero attached hydrogens (tertiary/aromatic N) is 3. The lowest BCUT2D eigenvalue weighted by Gasteiger charge is -2.25. The fourth-order valence-electron chi connectivity index (χ4n) is 3.66. The number of hydrogen-bond acceptors (Lipinski definition) is 7. The Bertz CT molecular complexity index is 1280. The highest BCUT2D eigenvalue weighted by Crippen LogP contribution is 2.36. The van der Waals surface area contributed by atoms with E-state index >= 15 is 0 Å². The number of carbonyl (C=O) groups excluding carboxylic acids is 1. The first-order valence-corrected chi connectivity index (χ1v) is 12.5. The summed E-state index contributed by atoms with van der Waals surface area (Å²) < 4.78 is 31.9. The standard InChI is InChI=1S/C20H19ClN4O4S2/c1-11-17(18(24-29-11)13-4-2-3-5-14(13)21)19(26)23-20-22-15-8-9-25(10-16(15)30-20)31(27,28)12-6-7-12/h2-5,12H,6-10H2,1H3,(H,22,23,26). The molecule has 162 valence electrons. The second-order valence-electron chi connectivity index (χ2n) is 7.61. The van der Waals surface area contributed by atoms with E-state index in [1.807, 2.05) is 6.07 Å². The van der Waals surface area contributed by atoms with Gasteiger partial charge in [-0.1, -0.05) is 35.0 Å². The summed E-state index contributed by atoms with van der Waals surface area (Å²) in [5.74, 6) is -0.0299. The Morgan fingerprint density at radius 3 is 2.84 bits per heavy atom. The van der Waals surface area contributed by atoms with E-state index in [0.717, 1.165) is 23.4 Å². The molecule has 1 aromatic carbocycles. The highest BCUT2D eigenvalue weighted by atomic mass is 35.5. The molecule has 0 bridgehead atoms. The van der Waals surface area contributed by atoms with Gasteiger partial charge in [0.2, 0.25) is 10.0 Å². The Hall–Kier alpha value is -2.27. The maximum atomic E-state index is 13.0. The van der Waals surface area contributed by atoms with Crippen molar-refractivity contribution in [2.45, 2.75) is 38.0 Å². The van der Waals surface area contributed by atoms with Gasteiger partial charge in [0.15, 0.2) is 5.13 Å². The SMILES string of the molecule is Cc1onc(-c2ccccc2Cl)c1C(=O)Nc1nc2c(s1)CN(S(=O)(=O)C1CC1)CC2.